The Balaban J connectivity index is 2.05. The zero-order valence-corrected chi connectivity index (χ0v) is 10.8. The number of amides is 2. The van der Waals surface area contributed by atoms with Crippen LogP contribution in [0.25, 0.3) is 6.08 Å². The van der Waals surface area contributed by atoms with E-state index in [1.54, 1.807) is 13.2 Å². The van der Waals surface area contributed by atoms with Crippen LogP contribution in [0.4, 0.5) is 0 Å². The summed E-state index contributed by atoms with van der Waals surface area (Å²) in [4.78, 5) is 24.7. The van der Waals surface area contributed by atoms with Crippen molar-refractivity contribution in [3.8, 4) is 5.75 Å². The second kappa shape index (κ2) is 6.04. The summed E-state index contributed by atoms with van der Waals surface area (Å²) in [7, 11) is 1.59. The number of hydrogen-bond acceptors (Lipinski definition) is 3. The largest absolute Gasteiger partial charge is 0.496 e. The van der Waals surface area contributed by atoms with Crippen LogP contribution in [0, 0.1) is 0 Å². The Kier molecular flexibility index (Phi) is 4.18. The smallest absolute Gasteiger partial charge is 0.247 e. The minimum absolute atomic E-state index is 0.120. The highest BCUT2D eigenvalue weighted by Crippen LogP contribution is 2.18. The average molecular weight is 260 g/mol. The van der Waals surface area contributed by atoms with Crippen LogP contribution in [0.3, 0.4) is 0 Å². The van der Waals surface area contributed by atoms with Crippen LogP contribution in [0.5, 0.6) is 5.75 Å². The highest BCUT2D eigenvalue weighted by Gasteiger charge is 2.18. The predicted octanol–water partition coefficient (Wildman–Crippen LogP) is 0.667. The molecule has 2 rings (SSSR count). The number of carbonyl (C=O) groups is 2. The molecule has 1 aliphatic rings. The Morgan fingerprint density at radius 3 is 2.95 bits per heavy atom. The normalized spacial score (nSPS) is 15.4. The van der Waals surface area contributed by atoms with E-state index in [9.17, 15) is 9.59 Å². The van der Waals surface area contributed by atoms with Gasteiger partial charge in [0.15, 0.2) is 0 Å². The predicted molar refractivity (Wildman–Crippen MR) is 71.6 cm³/mol. The van der Waals surface area contributed by atoms with Crippen molar-refractivity contribution in [3.05, 3.63) is 35.9 Å². The summed E-state index contributed by atoms with van der Waals surface area (Å²) in [5.74, 6) is 0.425. The number of carbonyl (C=O) groups excluding carboxylic acids is 2. The third-order valence-corrected chi connectivity index (χ3v) is 2.89. The average Bonchev–Trinajstić information content (AvgIpc) is 2.45. The highest BCUT2D eigenvalue weighted by molar-refractivity contribution is 5.95. The van der Waals surface area contributed by atoms with Gasteiger partial charge in [0.1, 0.15) is 5.75 Å². The molecule has 1 aromatic rings. The molecule has 0 aromatic heterocycles. The van der Waals surface area contributed by atoms with Crippen LogP contribution in [-0.4, -0.2) is 43.5 Å². The van der Waals surface area contributed by atoms with E-state index in [2.05, 4.69) is 5.32 Å². The van der Waals surface area contributed by atoms with E-state index in [1.807, 2.05) is 24.3 Å². The molecule has 1 heterocycles. The van der Waals surface area contributed by atoms with Gasteiger partial charge in [-0.25, -0.2) is 0 Å². The molecule has 5 nitrogen and oxygen atoms in total. The number of rotatable bonds is 3. The molecule has 1 N–H and O–H groups in total. The molecule has 0 radical (unpaired) electrons. The lowest BCUT2D eigenvalue weighted by atomic mass is 10.2. The summed E-state index contributed by atoms with van der Waals surface area (Å²) >= 11 is 0. The second-order valence-electron chi connectivity index (χ2n) is 4.19. The van der Waals surface area contributed by atoms with E-state index >= 15 is 0 Å². The molecule has 0 spiro atoms. The van der Waals surface area contributed by atoms with Crippen LogP contribution in [0.15, 0.2) is 30.3 Å². The fourth-order valence-electron chi connectivity index (χ4n) is 1.90. The number of nitrogens with one attached hydrogen (secondary N) is 1. The zero-order chi connectivity index (χ0) is 13.7. The molecule has 1 fully saturated rings. The lowest BCUT2D eigenvalue weighted by Crippen LogP contribution is -2.49. The lowest BCUT2D eigenvalue weighted by Gasteiger charge is -2.25. The number of piperazine rings is 1. The summed E-state index contributed by atoms with van der Waals surface area (Å²) in [6.45, 7) is 1.17. The van der Waals surface area contributed by atoms with Gasteiger partial charge < -0.3 is 15.0 Å². The number of para-hydroxylation sites is 1. The van der Waals surface area contributed by atoms with E-state index in [0.717, 1.165) is 5.56 Å². The minimum Gasteiger partial charge on any atom is -0.496 e. The Labute approximate surface area is 111 Å². The molecule has 1 saturated heterocycles. The van der Waals surface area contributed by atoms with Crippen molar-refractivity contribution in [1.29, 1.82) is 0 Å². The van der Waals surface area contributed by atoms with Crippen molar-refractivity contribution in [2.75, 3.05) is 26.7 Å². The summed E-state index contributed by atoms with van der Waals surface area (Å²) < 4.78 is 5.20. The van der Waals surface area contributed by atoms with Crippen molar-refractivity contribution in [2.24, 2.45) is 0 Å². The first-order chi connectivity index (χ1) is 9.20. The summed E-state index contributed by atoms with van der Waals surface area (Å²) in [5, 5.41) is 2.68. The Morgan fingerprint density at radius 1 is 1.42 bits per heavy atom. The molecule has 0 unspecified atom stereocenters. The van der Waals surface area contributed by atoms with Crippen molar-refractivity contribution in [2.45, 2.75) is 0 Å². The van der Waals surface area contributed by atoms with Gasteiger partial charge in [0.2, 0.25) is 11.8 Å². The lowest BCUT2D eigenvalue weighted by molar-refractivity contribution is -0.134. The third kappa shape index (κ3) is 3.34. The van der Waals surface area contributed by atoms with E-state index < -0.39 is 0 Å². The first-order valence-corrected chi connectivity index (χ1v) is 6.07. The van der Waals surface area contributed by atoms with Gasteiger partial charge in [-0.2, -0.15) is 0 Å². The first kappa shape index (κ1) is 13.1. The molecular weight excluding hydrogens is 244 g/mol. The third-order valence-electron chi connectivity index (χ3n) is 2.89. The Morgan fingerprint density at radius 2 is 2.21 bits per heavy atom. The maximum absolute atomic E-state index is 11.9. The molecule has 5 heteroatoms. The first-order valence-electron chi connectivity index (χ1n) is 6.07. The summed E-state index contributed by atoms with van der Waals surface area (Å²) in [6, 6.07) is 7.44. The van der Waals surface area contributed by atoms with E-state index in [1.165, 1.54) is 11.0 Å². The topological polar surface area (TPSA) is 58.6 Å². The van der Waals surface area contributed by atoms with Crippen molar-refractivity contribution in [1.82, 2.24) is 10.2 Å². The van der Waals surface area contributed by atoms with Crippen LogP contribution in [-0.2, 0) is 9.59 Å². The van der Waals surface area contributed by atoms with E-state index in [-0.39, 0.29) is 18.4 Å². The van der Waals surface area contributed by atoms with Crippen molar-refractivity contribution < 1.29 is 14.3 Å². The molecule has 19 heavy (non-hydrogen) atoms. The van der Waals surface area contributed by atoms with Crippen LogP contribution >= 0.6 is 0 Å². The summed E-state index contributed by atoms with van der Waals surface area (Å²) in [5.41, 5.74) is 0.833. The monoisotopic (exact) mass is 260 g/mol. The highest BCUT2D eigenvalue weighted by atomic mass is 16.5. The van der Waals surface area contributed by atoms with Gasteiger partial charge in [-0.05, 0) is 12.1 Å². The minimum atomic E-state index is -0.166. The number of ether oxygens (including phenoxy) is 1. The molecule has 0 aliphatic carbocycles. The molecule has 0 saturated carbocycles. The van der Waals surface area contributed by atoms with Crippen molar-refractivity contribution >= 4 is 17.9 Å². The number of hydrogen-bond donors (Lipinski definition) is 1. The second-order valence-corrected chi connectivity index (χ2v) is 4.19. The van der Waals surface area contributed by atoms with E-state index in [4.69, 9.17) is 4.74 Å². The van der Waals surface area contributed by atoms with Gasteiger partial charge in [-0.3, -0.25) is 9.59 Å². The van der Waals surface area contributed by atoms with Crippen molar-refractivity contribution in [3.63, 3.8) is 0 Å². The Hall–Kier alpha value is -2.30. The standard InChI is InChI=1S/C14H16N2O3/c1-19-12-5-3-2-4-11(12)6-7-14(18)16-9-8-15-13(17)10-16/h2-7H,8-10H2,1H3,(H,15,17)/b7-6+. The fraction of sp³-hybridized carbons (Fsp3) is 0.286. The quantitative estimate of drug-likeness (QED) is 0.812. The number of methoxy groups -OCH3 is 1. The zero-order valence-electron chi connectivity index (χ0n) is 10.8. The maximum atomic E-state index is 11.9. The van der Waals surface area contributed by atoms with Gasteiger partial charge in [0, 0.05) is 24.7 Å². The van der Waals surface area contributed by atoms with Crippen LogP contribution in [0.1, 0.15) is 5.56 Å². The SMILES string of the molecule is COc1ccccc1/C=C/C(=O)N1CCNC(=O)C1. The number of nitrogens with zero attached hydrogens (tertiary/aromatic N) is 1. The molecule has 100 valence electrons. The molecule has 0 bridgehead atoms. The van der Waals surface area contributed by atoms with E-state index in [0.29, 0.717) is 18.8 Å². The molecule has 0 atom stereocenters. The van der Waals surface area contributed by atoms with Gasteiger partial charge in [-0.1, -0.05) is 18.2 Å². The van der Waals surface area contributed by atoms with Gasteiger partial charge >= 0.3 is 0 Å². The Bertz CT molecular complexity index is 511. The summed E-state index contributed by atoms with van der Waals surface area (Å²) in [6.07, 6.45) is 3.17. The number of benzene rings is 1. The van der Waals surface area contributed by atoms with Crippen LogP contribution < -0.4 is 10.1 Å². The molecule has 2 amide bonds. The van der Waals surface area contributed by atoms with Gasteiger partial charge in [0.25, 0.3) is 0 Å². The van der Waals surface area contributed by atoms with Gasteiger partial charge in [-0.15, -0.1) is 0 Å². The fourth-order valence-corrected chi connectivity index (χ4v) is 1.90. The van der Waals surface area contributed by atoms with Gasteiger partial charge in [0.05, 0.1) is 13.7 Å². The van der Waals surface area contributed by atoms with Crippen LogP contribution in [0.2, 0.25) is 0 Å². The molecule has 1 aromatic carbocycles. The molecule has 1 aliphatic heterocycles. The molecular formula is C14H16N2O3. The maximum Gasteiger partial charge on any atom is 0.247 e.